The molecule has 0 aliphatic rings. The molecule has 0 unspecified atom stereocenters. The molecular formula is C21H22N2O5. The summed E-state index contributed by atoms with van der Waals surface area (Å²) in [6.07, 6.45) is -0.0331. The van der Waals surface area contributed by atoms with Crippen LogP contribution in [0, 0.1) is 0 Å². The fourth-order valence-corrected chi connectivity index (χ4v) is 2.92. The molecule has 2 aromatic carbocycles. The van der Waals surface area contributed by atoms with E-state index in [4.69, 9.17) is 9.15 Å². The van der Waals surface area contributed by atoms with Gasteiger partial charge in [0.25, 0.3) is 5.91 Å². The van der Waals surface area contributed by atoms with E-state index in [2.05, 4.69) is 0 Å². The minimum Gasteiger partial charge on any atom is -0.456 e. The highest BCUT2D eigenvalue weighted by Crippen LogP contribution is 2.18. The average molecular weight is 382 g/mol. The Labute approximate surface area is 162 Å². The van der Waals surface area contributed by atoms with E-state index in [1.165, 1.54) is 9.47 Å². The molecule has 1 atom stereocenters. The predicted molar refractivity (Wildman–Crippen MR) is 104 cm³/mol. The average Bonchev–Trinajstić information content (AvgIpc) is 3.04. The number of amides is 1. The van der Waals surface area contributed by atoms with Crippen molar-refractivity contribution in [2.24, 2.45) is 0 Å². The Hall–Kier alpha value is -3.35. The van der Waals surface area contributed by atoms with Crippen molar-refractivity contribution in [2.45, 2.75) is 25.9 Å². The number of rotatable bonds is 7. The van der Waals surface area contributed by atoms with Gasteiger partial charge < -0.3 is 14.1 Å². The van der Waals surface area contributed by atoms with E-state index in [-0.39, 0.29) is 31.5 Å². The molecule has 1 heterocycles. The summed E-state index contributed by atoms with van der Waals surface area (Å²) in [5, 5.41) is 0. The van der Waals surface area contributed by atoms with Gasteiger partial charge in [-0.1, -0.05) is 42.5 Å². The number of ether oxygens (including phenoxy) is 1. The lowest BCUT2D eigenvalue weighted by molar-refractivity contribution is -0.152. The highest BCUT2D eigenvalue weighted by atomic mass is 16.5. The van der Waals surface area contributed by atoms with Crippen molar-refractivity contribution in [3.8, 4) is 0 Å². The summed E-state index contributed by atoms with van der Waals surface area (Å²) in [5.74, 6) is -1.37. The van der Waals surface area contributed by atoms with E-state index < -0.39 is 11.7 Å². The third-order valence-corrected chi connectivity index (χ3v) is 4.73. The van der Waals surface area contributed by atoms with Crippen LogP contribution in [0.4, 0.5) is 0 Å². The van der Waals surface area contributed by atoms with Crippen molar-refractivity contribution in [3.63, 3.8) is 0 Å². The molecule has 0 spiro atoms. The first-order valence-electron chi connectivity index (χ1n) is 9.02. The number of aryl methyl sites for hydroxylation is 1. The van der Waals surface area contributed by atoms with E-state index in [0.29, 0.717) is 11.1 Å². The number of aromatic nitrogens is 1. The van der Waals surface area contributed by atoms with Gasteiger partial charge in [0.15, 0.2) is 12.2 Å². The van der Waals surface area contributed by atoms with Crippen molar-refractivity contribution in [3.05, 3.63) is 70.7 Å². The third-order valence-electron chi connectivity index (χ3n) is 4.73. The van der Waals surface area contributed by atoms with Crippen LogP contribution in [-0.4, -0.2) is 35.0 Å². The number of para-hydroxylation sites is 2. The zero-order valence-corrected chi connectivity index (χ0v) is 15.8. The first-order chi connectivity index (χ1) is 13.5. The van der Waals surface area contributed by atoms with E-state index >= 15 is 0 Å². The second-order valence-electron chi connectivity index (χ2n) is 6.49. The Morgan fingerprint density at radius 3 is 2.54 bits per heavy atom. The van der Waals surface area contributed by atoms with Crippen LogP contribution in [0.15, 0.2) is 63.8 Å². The molecule has 0 saturated carbocycles. The quantitative estimate of drug-likeness (QED) is 0.587. The van der Waals surface area contributed by atoms with E-state index in [1.54, 1.807) is 31.3 Å². The van der Waals surface area contributed by atoms with Crippen molar-refractivity contribution in [1.29, 1.82) is 0 Å². The van der Waals surface area contributed by atoms with Gasteiger partial charge in [-0.3, -0.25) is 14.2 Å². The Morgan fingerprint density at radius 1 is 1.11 bits per heavy atom. The van der Waals surface area contributed by atoms with Gasteiger partial charge in [0, 0.05) is 13.6 Å². The first-order valence-corrected chi connectivity index (χ1v) is 9.02. The number of esters is 1. The second kappa shape index (κ2) is 8.56. The maximum absolute atomic E-state index is 12.3. The largest absolute Gasteiger partial charge is 0.456 e. The molecule has 0 aliphatic heterocycles. The van der Waals surface area contributed by atoms with Crippen LogP contribution < -0.4 is 5.76 Å². The lowest BCUT2D eigenvalue weighted by Crippen LogP contribution is -2.33. The van der Waals surface area contributed by atoms with E-state index in [1.807, 2.05) is 37.3 Å². The van der Waals surface area contributed by atoms with Gasteiger partial charge in [0.05, 0.1) is 18.0 Å². The van der Waals surface area contributed by atoms with Crippen molar-refractivity contribution >= 4 is 23.0 Å². The summed E-state index contributed by atoms with van der Waals surface area (Å²) in [7, 11) is 1.67. The highest BCUT2D eigenvalue weighted by molar-refractivity contribution is 5.81. The summed E-state index contributed by atoms with van der Waals surface area (Å²) in [5.41, 5.74) is 2.08. The maximum Gasteiger partial charge on any atom is 0.419 e. The normalized spacial score (nSPS) is 11.9. The van der Waals surface area contributed by atoms with Gasteiger partial charge in [-0.15, -0.1) is 0 Å². The fraction of sp³-hybridized carbons (Fsp3) is 0.286. The lowest BCUT2D eigenvalue weighted by atomic mass is 10.1. The van der Waals surface area contributed by atoms with Crippen LogP contribution in [-0.2, 0) is 20.9 Å². The van der Waals surface area contributed by atoms with Gasteiger partial charge >= 0.3 is 11.7 Å². The van der Waals surface area contributed by atoms with Crippen LogP contribution in [0.1, 0.15) is 24.9 Å². The molecular weight excluding hydrogens is 360 g/mol. The SMILES string of the molecule is C[C@@H](c1ccccc1)N(C)C(=O)COC(=O)CCn1c(=O)oc2ccccc21. The zero-order chi connectivity index (χ0) is 20.1. The van der Waals surface area contributed by atoms with E-state index in [0.717, 1.165) is 5.56 Å². The van der Waals surface area contributed by atoms with Crippen LogP contribution in [0.3, 0.4) is 0 Å². The molecule has 7 nitrogen and oxygen atoms in total. The maximum atomic E-state index is 12.3. The molecule has 0 saturated heterocycles. The summed E-state index contributed by atoms with van der Waals surface area (Å²) in [4.78, 5) is 37.8. The van der Waals surface area contributed by atoms with Crippen LogP contribution >= 0.6 is 0 Å². The van der Waals surface area contributed by atoms with Gasteiger partial charge in [0.1, 0.15) is 0 Å². The summed E-state index contributed by atoms with van der Waals surface area (Å²) >= 11 is 0. The van der Waals surface area contributed by atoms with Gasteiger partial charge in [-0.05, 0) is 24.6 Å². The minimum atomic E-state index is -0.550. The van der Waals surface area contributed by atoms with Gasteiger partial charge in [-0.25, -0.2) is 4.79 Å². The number of carbonyl (C=O) groups excluding carboxylic acids is 2. The number of benzene rings is 2. The van der Waals surface area contributed by atoms with Crippen LogP contribution in [0.2, 0.25) is 0 Å². The molecule has 1 amide bonds. The number of hydrogen-bond donors (Lipinski definition) is 0. The van der Waals surface area contributed by atoms with Crippen molar-refractivity contribution in [1.82, 2.24) is 9.47 Å². The zero-order valence-electron chi connectivity index (χ0n) is 15.8. The van der Waals surface area contributed by atoms with Gasteiger partial charge in [-0.2, -0.15) is 0 Å². The van der Waals surface area contributed by atoms with Crippen molar-refractivity contribution in [2.75, 3.05) is 13.7 Å². The van der Waals surface area contributed by atoms with Crippen LogP contribution in [0.5, 0.6) is 0 Å². The molecule has 146 valence electrons. The Kier molecular flexibility index (Phi) is 5.93. The molecule has 3 rings (SSSR count). The monoisotopic (exact) mass is 382 g/mol. The molecule has 0 bridgehead atoms. The molecule has 7 heteroatoms. The minimum absolute atomic E-state index is 0.0331. The molecule has 0 fully saturated rings. The second-order valence-corrected chi connectivity index (χ2v) is 6.49. The molecule has 28 heavy (non-hydrogen) atoms. The van der Waals surface area contributed by atoms with Crippen molar-refractivity contribution < 1.29 is 18.7 Å². The highest BCUT2D eigenvalue weighted by Gasteiger charge is 2.19. The third kappa shape index (κ3) is 4.31. The number of fused-ring (bicyclic) bond motifs is 1. The summed E-state index contributed by atoms with van der Waals surface area (Å²) < 4.78 is 11.6. The smallest absolute Gasteiger partial charge is 0.419 e. The molecule has 1 aromatic heterocycles. The summed E-state index contributed by atoms with van der Waals surface area (Å²) in [6, 6.07) is 16.5. The number of likely N-dealkylation sites (N-methyl/N-ethyl adjacent to an activating group) is 1. The number of nitrogens with zero attached hydrogens (tertiary/aromatic N) is 2. The van der Waals surface area contributed by atoms with Crippen LogP contribution in [0.25, 0.3) is 11.1 Å². The molecule has 3 aromatic rings. The summed E-state index contributed by atoms with van der Waals surface area (Å²) in [6.45, 7) is 1.69. The fourth-order valence-electron chi connectivity index (χ4n) is 2.92. The Bertz CT molecular complexity index is 1020. The number of carbonyl (C=O) groups is 2. The lowest BCUT2D eigenvalue weighted by Gasteiger charge is -2.25. The van der Waals surface area contributed by atoms with Gasteiger partial charge in [0.2, 0.25) is 0 Å². The first kappa shape index (κ1) is 19.4. The standard InChI is InChI=1S/C21H22N2O5/c1-15(16-8-4-3-5-9-16)22(2)19(24)14-27-20(25)12-13-23-17-10-6-7-11-18(17)28-21(23)26/h3-11,15H,12-14H2,1-2H3/t15-/m0/s1. The number of oxazole rings is 1. The topological polar surface area (TPSA) is 81.8 Å². The Balaban J connectivity index is 1.52. The molecule has 0 N–H and O–H groups in total. The number of hydrogen-bond acceptors (Lipinski definition) is 5. The predicted octanol–water partition coefficient (Wildman–Crippen LogP) is 2.75. The van der Waals surface area contributed by atoms with E-state index in [9.17, 15) is 14.4 Å². The molecule has 0 aliphatic carbocycles. The Morgan fingerprint density at radius 2 is 1.79 bits per heavy atom. The molecule has 0 radical (unpaired) electrons.